The van der Waals surface area contributed by atoms with Gasteiger partial charge in [-0.1, -0.05) is 50.1 Å². The number of carbonyl (C=O) groups is 2. The lowest BCUT2D eigenvalue weighted by Gasteiger charge is -2.28. The van der Waals surface area contributed by atoms with Crippen LogP contribution >= 0.6 is 0 Å². The van der Waals surface area contributed by atoms with Crippen molar-refractivity contribution in [2.24, 2.45) is 7.05 Å². The standard InChI is InChI=1S/C24H33N3O2/c1-3-4-6-13-23(28)27(21-14-15-21)19-24(29)26(17-20-10-7-5-8-11-20)18-22-12-9-16-25(22)2/h5,7-12,16,21H,3-4,6,13-15,17-19H2,1-2H3. The average molecular weight is 396 g/mol. The van der Waals surface area contributed by atoms with E-state index in [9.17, 15) is 9.59 Å². The normalized spacial score (nSPS) is 13.3. The fraction of sp³-hybridized carbons (Fsp3) is 0.500. The Morgan fingerprint density at radius 1 is 1.00 bits per heavy atom. The summed E-state index contributed by atoms with van der Waals surface area (Å²) in [6.07, 6.45) is 7.64. The number of amides is 2. The van der Waals surface area contributed by atoms with Crippen LogP contribution in [0.2, 0.25) is 0 Å². The summed E-state index contributed by atoms with van der Waals surface area (Å²) >= 11 is 0. The summed E-state index contributed by atoms with van der Waals surface area (Å²) in [5, 5.41) is 0. The van der Waals surface area contributed by atoms with Crippen LogP contribution in [0, 0.1) is 0 Å². The van der Waals surface area contributed by atoms with Crippen LogP contribution in [0.3, 0.4) is 0 Å². The monoisotopic (exact) mass is 395 g/mol. The summed E-state index contributed by atoms with van der Waals surface area (Å²) in [6.45, 7) is 3.41. The van der Waals surface area contributed by atoms with Crippen molar-refractivity contribution in [2.45, 2.75) is 64.6 Å². The van der Waals surface area contributed by atoms with Crippen molar-refractivity contribution < 1.29 is 9.59 Å². The van der Waals surface area contributed by atoms with Crippen molar-refractivity contribution >= 4 is 11.8 Å². The third-order valence-corrected chi connectivity index (χ3v) is 5.58. The van der Waals surface area contributed by atoms with E-state index < -0.39 is 0 Å². The van der Waals surface area contributed by atoms with Crippen molar-refractivity contribution in [1.82, 2.24) is 14.4 Å². The van der Waals surface area contributed by atoms with Crippen LogP contribution < -0.4 is 0 Å². The molecule has 5 nitrogen and oxygen atoms in total. The Kier molecular flexibility index (Phi) is 7.50. The molecular weight excluding hydrogens is 362 g/mol. The highest BCUT2D eigenvalue weighted by atomic mass is 16.2. The first kappa shape index (κ1) is 21.2. The Bertz CT molecular complexity index is 795. The zero-order valence-electron chi connectivity index (χ0n) is 17.7. The molecule has 0 aliphatic heterocycles. The first-order chi connectivity index (χ1) is 14.1. The minimum atomic E-state index is 0.0193. The minimum absolute atomic E-state index is 0.0193. The zero-order valence-corrected chi connectivity index (χ0v) is 17.7. The van der Waals surface area contributed by atoms with Crippen molar-refractivity contribution in [2.75, 3.05) is 6.54 Å². The van der Waals surface area contributed by atoms with Gasteiger partial charge in [-0.2, -0.15) is 0 Å². The van der Waals surface area contributed by atoms with E-state index in [1.165, 1.54) is 0 Å². The van der Waals surface area contributed by atoms with E-state index in [1.807, 2.05) is 70.1 Å². The van der Waals surface area contributed by atoms with E-state index in [2.05, 4.69) is 6.92 Å². The average Bonchev–Trinajstić information content (AvgIpc) is 3.48. The van der Waals surface area contributed by atoms with Gasteiger partial charge in [-0.05, 0) is 37.0 Å². The molecule has 5 heteroatoms. The van der Waals surface area contributed by atoms with Gasteiger partial charge in [0.05, 0.1) is 6.54 Å². The molecule has 0 spiro atoms. The highest BCUT2D eigenvalue weighted by Crippen LogP contribution is 2.28. The second-order valence-electron chi connectivity index (χ2n) is 8.06. The lowest BCUT2D eigenvalue weighted by molar-refractivity contribution is -0.141. The minimum Gasteiger partial charge on any atom is -0.353 e. The van der Waals surface area contributed by atoms with E-state index in [-0.39, 0.29) is 24.4 Å². The molecule has 1 fully saturated rings. The predicted octanol–water partition coefficient (Wildman–Crippen LogP) is 4.13. The Morgan fingerprint density at radius 3 is 2.38 bits per heavy atom. The summed E-state index contributed by atoms with van der Waals surface area (Å²) in [5.74, 6) is 0.152. The maximum Gasteiger partial charge on any atom is 0.242 e. The van der Waals surface area contributed by atoms with E-state index >= 15 is 0 Å². The van der Waals surface area contributed by atoms with Gasteiger partial charge in [-0.3, -0.25) is 9.59 Å². The fourth-order valence-electron chi connectivity index (χ4n) is 3.62. The number of aryl methyl sites for hydroxylation is 1. The maximum absolute atomic E-state index is 13.3. The van der Waals surface area contributed by atoms with E-state index in [1.54, 1.807) is 0 Å². The van der Waals surface area contributed by atoms with Gasteiger partial charge in [0, 0.05) is 37.9 Å². The summed E-state index contributed by atoms with van der Waals surface area (Å²) in [4.78, 5) is 29.7. The van der Waals surface area contributed by atoms with Gasteiger partial charge in [-0.15, -0.1) is 0 Å². The number of aromatic nitrogens is 1. The molecule has 1 aliphatic carbocycles. The fourth-order valence-corrected chi connectivity index (χ4v) is 3.62. The molecule has 2 amide bonds. The number of rotatable bonds is 11. The van der Waals surface area contributed by atoms with Crippen LogP contribution in [0.1, 0.15) is 56.7 Å². The molecule has 0 radical (unpaired) electrons. The molecule has 156 valence electrons. The van der Waals surface area contributed by atoms with Crippen LogP contribution in [0.4, 0.5) is 0 Å². The number of hydrogen-bond donors (Lipinski definition) is 0. The molecule has 1 saturated carbocycles. The predicted molar refractivity (Wildman–Crippen MR) is 115 cm³/mol. The Hall–Kier alpha value is -2.56. The highest BCUT2D eigenvalue weighted by Gasteiger charge is 2.34. The van der Waals surface area contributed by atoms with Crippen LogP contribution in [-0.4, -0.2) is 38.8 Å². The van der Waals surface area contributed by atoms with E-state index in [4.69, 9.17) is 0 Å². The van der Waals surface area contributed by atoms with Gasteiger partial charge >= 0.3 is 0 Å². The van der Waals surface area contributed by atoms with Crippen LogP contribution in [0.25, 0.3) is 0 Å². The van der Waals surface area contributed by atoms with Gasteiger partial charge in [0.2, 0.25) is 11.8 Å². The molecular formula is C24H33N3O2. The molecule has 1 heterocycles. The molecule has 1 aromatic heterocycles. The van der Waals surface area contributed by atoms with Crippen molar-refractivity contribution in [3.05, 3.63) is 59.9 Å². The molecule has 2 aromatic rings. The number of hydrogen-bond acceptors (Lipinski definition) is 2. The zero-order chi connectivity index (χ0) is 20.6. The first-order valence-corrected chi connectivity index (χ1v) is 10.8. The number of benzene rings is 1. The molecule has 0 unspecified atom stereocenters. The lowest BCUT2D eigenvalue weighted by Crippen LogP contribution is -2.43. The maximum atomic E-state index is 13.3. The summed E-state index contributed by atoms with van der Waals surface area (Å²) in [5.41, 5.74) is 2.18. The highest BCUT2D eigenvalue weighted by molar-refractivity contribution is 5.85. The van der Waals surface area contributed by atoms with Crippen LogP contribution in [0.15, 0.2) is 48.7 Å². The number of unbranched alkanes of at least 4 members (excludes halogenated alkanes) is 2. The summed E-state index contributed by atoms with van der Waals surface area (Å²) in [7, 11) is 1.99. The van der Waals surface area contributed by atoms with Crippen LogP contribution in [0.5, 0.6) is 0 Å². The van der Waals surface area contributed by atoms with Gasteiger partial charge in [0.1, 0.15) is 6.54 Å². The largest absolute Gasteiger partial charge is 0.353 e. The Balaban J connectivity index is 1.70. The summed E-state index contributed by atoms with van der Waals surface area (Å²) in [6, 6.07) is 14.3. The van der Waals surface area contributed by atoms with E-state index in [0.717, 1.165) is 43.4 Å². The van der Waals surface area contributed by atoms with Gasteiger partial charge in [-0.25, -0.2) is 0 Å². The van der Waals surface area contributed by atoms with E-state index in [0.29, 0.717) is 19.5 Å². The van der Waals surface area contributed by atoms with Crippen molar-refractivity contribution in [3.63, 3.8) is 0 Å². The Morgan fingerprint density at radius 2 is 1.76 bits per heavy atom. The smallest absolute Gasteiger partial charge is 0.242 e. The van der Waals surface area contributed by atoms with Crippen molar-refractivity contribution in [3.8, 4) is 0 Å². The third kappa shape index (κ3) is 6.21. The topological polar surface area (TPSA) is 45.6 Å². The third-order valence-electron chi connectivity index (χ3n) is 5.58. The molecule has 1 aliphatic rings. The van der Waals surface area contributed by atoms with Gasteiger partial charge in [0.15, 0.2) is 0 Å². The molecule has 0 atom stereocenters. The lowest BCUT2D eigenvalue weighted by atomic mass is 10.2. The molecule has 0 saturated heterocycles. The molecule has 3 rings (SSSR count). The quantitative estimate of drug-likeness (QED) is 0.537. The number of nitrogens with zero attached hydrogens (tertiary/aromatic N) is 3. The number of carbonyl (C=O) groups excluding carboxylic acids is 2. The molecule has 0 N–H and O–H groups in total. The van der Waals surface area contributed by atoms with Gasteiger partial charge < -0.3 is 14.4 Å². The van der Waals surface area contributed by atoms with Crippen molar-refractivity contribution in [1.29, 1.82) is 0 Å². The Labute approximate surface area is 174 Å². The van der Waals surface area contributed by atoms with Gasteiger partial charge in [0.25, 0.3) is 0 Å². The summed E-state index contributed by atoms with van der Waals surface area (Å²) < 4.78 is 2.04. The molecule has 29 heavy (non-hydrogen) atoms. The molecule has 0 bridgehead atoms. The van der Waals surface area contributed by atoms with Crippen LogP contribution in [-0.2, 0) is 29.7 Å². The molecule has 1 aromatic carbocycles. The second kappa shape index (κ2) is 10.3. The second-order valence-corrected chi connectivity index (χ2v) is 8.06. The SMILES string of the molecule is CCCCCC(=O)N(CC(=O)N(Cc1ccccc1)Cc1cccn1C)C1CC1. The first-order valence-electron chi connectivity index (χ1n) is 10.8.